The second kappa shape index (κ2) is 7.21. The molecule has 0 saturated carbocycles. The molecule has 1 saturated heterocycles. The number of rotatable bonds is 4. The summed E-state index contributed by atoms with van der Waals surface area (Å²) in [4.78, 5) is 14.2. The predicted molar refractivity (Wildman–Crippen MR) is 91.0 cm³/mol. The van der Waals surface area contributed by atoms with Gasteiger partial charge in [0.25, 0.3) is 0 Å². The van der Waals surface area contributed by atoms with Crippen molar-refractivity contribution in [2.75, 3.05) is 24.6 Å². The van der Waals surface area contributed by atoms with Crippen molar-refractivity contribution in [3.63, 3.8) is 0 Å². The van der Waals surface area contributed by atoms with E-state index < -0.39 is 0 Å². The normalized spacial score (nSPS) is 17.4. The van der Waals surface area contributed by atoms with Crippen molar-refractivity contribution in [1.29, 1.82) is 0 Å². The van der Waals surface area contributed by atoms with E-state index in [2.05, 4.69) is 50.4 Å². The van der Waals surface area contributed by atoms with Crippen LogP contribution >= 0.6 is 11.8 Å². The highest BCUT2D eigenvalue weighted by atomic mass is 32.2. The van der Waals surface area contributed by atoms with Crippen LogP contribution in [0.3, 0.4) is 0 Å². The Bertz CT molecular complexity index is 455. The lowest BCUT2D eigenvalue weighted by atomic mass is 9.79. The Hall–Kier alpha value is -1.16. The van der Waals surface area contributed by atoms with E-state index in [1.807, 2.05) is 22.7 Å². The largest absolute Gasteiger partial charge is 0.336 e. The number of thioether (sulfide) groups is 1. The predicted octanol–water partition coefficient (Wildman–Crippen LogP) is 3.50. The van der Waals surface area contributed by atoms with Crippen molar-refractivity contribution in [3.8, 4) is 0 Å². The van der Waals surface area contributed by atoms with Crippen LogP contribution in [0.1, 0.15) is 32.8 Å². The summed E-state index contributed by atoms with van der Waals surface area (Å²) in [7, 11) is 0. The third-order valence-electron chi connectivity index (χ3n) is 4.04. The quantitative estimate of drug-likeness (QED) is 0.923. The van der Waals surface area contributed by atoms with Gasteiger partial charge >= 0.3 is 6.03 Å². The van der Waals surface area contributed by atoms with Gasteiger partial charge in [-0.15, -0.1) is 0 Å². The van der Waals surface area contributed by atoms with Crippen molar-refractivity contribution in [1.82, 2.24) is 10.2 Å². The summed E-state index contributed by atoms with van der Waals surface area (Å²) < 4.78 is 0. The highest BCUT2D eigenvalue weighted by molar-refractivity contribution is 7.99. The smallest absolute Gasteiger partial charge is 0.317 e. The van der Waals surface area contributed by atoms with E-state index in [9.17, 15) is 4.79 Å². The topological polar surface area (TPSA) is 32.3 Å². The first kappa shape index (κ1) is 16.2. The van der Waals surface area contributed by atoms with Crippen LogP contribution in [-0.2, 0) is 5.41 Å². The Labute approximate surface area is 132 Å². The summed E-state index contributed by atoms with van der Waals surface area (Å²) in [5, 5.41) is 3.15. The van der Waals surface area contributed by atoms with Gasteiger partial charge in [0, 0.05) is 30.6 Å². The summed E-state index contributed by atoms with van der Waals surface area (Å²) >= 11 is 1.92. The zero-order valence-electron chi connectivity index (χ0n) is 13.3. The highest BCUT2D eigenvalue weighted by Gasteiger charge is 2.25. The molecular weight excluding hydrogens is 280 g/mol. The minimum atomic E-state index is 0.0612. The SMILES string of the molecule is CC(CC(C)(C)c1ccccc1)NC(=O)N1CCSCC1. The average Bonchev–Trinajstić information content (AvgIpc) is 2.48. The van der Waals surface area contributed by atoms with Gasteiger partial charge in [-0.25, -0.2) is 4.79 Å². The molecule has 2 amide bonds. The first-order chi connectivity index (χ1) is 9.99. The fourth-order valence-electron chi connectivity index (χ4n) is 2.89. The number of nitrogens with one attached hydrogen (secondary N) is 1. The van der Waals surface area contributed by atoms with E-state index in [0.29, 0.717) is 0 Å². The Morgan fingerprint density at radius 2 is 1.90 bits per heavy atom. The van der Waals surface area contributed by atoms with Gasteiger partial charge < -0.3 is 10.2 Å². The van der Waals surface area contributed by atoms with E-state index in [1.54, 1.807) is 0 Å². The van der Waals surface area contributed by atoms with Gasteiger partial charge in [-0.05, 0) is 24.3 Å². The molecule has 116 valence electrons. The van der Waals surface area contributed by atoms with E-state index in [4.69, 9.17) is 0 Å². The molecule has 1 atom stereocenters. The summed E-state index contributed by atoms with van der Waals surface area (Å²) in [6.07, 6.45) is 0.936. The van der Waals surface area contributed by atoms with Crippen molar-refractivity contribution < 1.29 is 4.79 Å². The fraction of sp³-hybridized carbons (Fsp3) is 0.588. The summed E-state index contributed by atoms with van der Waals surface area (Å²) in [5.41, 5.74) is 1.38. The van der Waals surface area contributed by atoms with Crippen LogP contribution in [0.4, 0.5) is 4.79 Å². The number of urea groups is 1. The summed E-state index contributed by atoms with van der Waals surface area (Å²) in [5.74, 6) is 2.11. The number of amides is 2. The molecule has 21 heavy (non-hydrogen) atoms. The van der Waals surface area contributed by atoms with Crippen LogP contribution in [-0.4, -0.2) is 41.6 Å². The van der Waals surface area contributed by atoms with Crippen LogP contribution in [0.25, 0.3) is 0 Å². The molecule has 4 heteroatoms. The minimum Gasteiger partial charge on any atom is -0.336 e. The zero-order valence-corrected chi connectivity index (χ0v) is 14.1. The Kier molecular flexibility index (Phi) is 5.57. The van der Waals surface area contributed by atoms with Gasteiger partial charge in [0.2, 0.25) is 0 Å². The van der Waals surface area contributed by atoms with Crippen molar-refractivity contribution in [2.24, 2.45) is 0 Å². The zero-order chi connectivity index (χ0) is 15.3. The first-order valence-electron chi connectivity index (χ1n) is 7.68. The molecule has 0 aliphatic carbocycles. The number of nitrogens with zero attached hydrogens (tertiary/aromatic N) is 1. The molecule has 1 aromatic carbocycles. The van der Waals surface area contributed by atoms with Gasteiger partial charge in [0.1, 0.15) is 0 Å². The molecule has 1 aromatic rings. The fourth-order valence-corrected chi connectivity index (χ4v) is 3.80. The van der Waals surface area contributed by atoms with Gasteiger partial charge in [-0.3, -0.25) is 0 Å². The third kappa shape index (κ3) is 4.67. The molecule has 0 bridgehead atoms. The lowest BCUT2D eigenvalue weighted by molar-refractivity contribution is 0.197. The molecule has 1 unspecified atom stereocenters. The standard InChI is InChI=1S/C17H26N2OS/c1-14(18-16(20)19-9-11-21-12-10-19)13-17(2,3)15-7-5-4-6-8-15/h4-8,14H,9-13H2,1-3H3,(H,18,20). The minimum absolute atomic E-state index is 0.0612. The van der Waals surface area contributed by atoms with Crippen molar-refractivity contribution in [3.05, 3.63) is 35.9 Å². The molecule has 3 nitrogen and oxygen atoms in total. The maximum Gasteiger partial charge on any atom is 0.317 e. The van der Waals surface area contributed by atoms with E-state index in [1.165, 1.54) is 5.56 Å². The van der Waals surface area contributed by atoms with E-state index in [0.717, 1.165) is 31.0 Å². The average molecular weight is 306 g/mol. The lowest BCUT2D eigenvalue weighted by Gasteiger charge is -2.32. The molecular formula is C17H26N2OS. The summed E-state index contributed by atoms with van der Waals surface area (Å²) in [6, 6.07) is 10.8. The molecule has 1 N–H and O–H groups in total. The number of hydrogen-bond acceptors (Lipinski definition) is 2. The molecule has 0 spiro atoms. The highest BCUT2D eigenvalue weighted by Crippen LogP contribution is 2.28. The molecule has 1 heterocycles. The number of carbonyl (C=O) groups is 1. The van der Waals surface area contributed by atoms with E-state index >= 15 is 0 Å². The van der Waals surface area contributed by atoms with E-state index in [-0.39, 0.29) is 17.5 Å². The van der Waals surface area contributed by atoms with Crippen molar-refractivity contribution >= 4 is 17.8 Å². The number of benzene rings is 1. The van der Waals surface area contributed by atoms with Gasteiger partial charge in [0.15, 0.2) is 0 Å². The molecule has 1 aliphatic heterocycles. The Morgan fingerprint density at radius 1 is 1.29 bits per heavy atom. The number of carbonyl (C=O) groups excluding carboxylic acids is 1. The molecule has 0 radical (unpaired) electrons. The van der Waals surface area contributed by atoms with Gasteiger partial charge in [-0.2, -0.15) is 11.8 Å². The van der Waals surface area contributed by atoms with Crippen LogP contribution in [0, 0.1) is 0 Å². The molecule has 2 rings (SSSR count). The van der Waals surface area contributed by atoms with Crippen LogP contribution in [0.15, 0.2) is 30.3 Å². The van der Waals surface area contributed by atoms with Gasteiger partial charge in [0.05, 0.1) is 0 Å². The van der Waals surface area contributed by atoms with Gasteiger partial charge in [-0.1, -0.05) is 44.2 Å². The third-order valence-corrected chi connectivity index (χ3v) is 4.98. The Morgan fingerprint density at radius 3 is 2.52 bits per heavy atom. The lowest BCUT2D eigenvalue weighted by Crippen LogP contribution is -2.48. The van der Waals surface area contributed by atoms with Crippen LogP contribution < -0.4 is 5.32 Å². The van der Waals surface area contributed by atoms with Crippen LogP contribution in [0.5, 0.6) is 0 Å². The molecule has 1 aliphatic rings. The second-order valence-electron chi connectivity index (χ2n) is 6.40. The molecule has 1 fully saturated rings. The first-order valence-corrected chi connectivity index (χ1v) is 8.83. The molecule has 0 aromatic heterocycles. The summed E-state index contributed by atoms with van der Waals surface area (Å²) in [6.45, 7) is 8.31. The second-order valence-corrected chi connectivity index (χ2v) is 7.63. The van der Waals surface area contributed by atoms with Crippen LogP contribution in [0.2, 0.25) is 0 Å². The maximum absolute atomic E-state index is 12.2. The monoisotopic (exact) mass is 306 g/mol. The van der Waals surface area contributed by atoms with Crippen molar-refractivity contribution in [2.45, 2.75) is 38.6 Å². The number of hydrogen-bond donors (Lipinski definition) is 1. The maximum atomic E-state index is 12.2. The Balaban J connectivity index is 1.88.